The smallest absolute Gasteiger partial charge is 0.220 e. The third-order valence-electron chi connectivity index (χ3n) is 4.21. The van der Waals surface area contributed by atoms with Crippen LogP contribution >= 0.6 is 11.6 Å². The van der Waals surface area contributed by atoms with E-state index in [4.69, 9.17) is 26.9 Å². The van der Waals surface area contributed by atoms with E-state index in [-0.39, 0.29) is 6.42 Å². The highest BCUT2D eigenvalue weighted by Crippen LogP contribution is 2.38. The second-order valence-corrected chi connectivity index (χ2v) is 6.35. The number of nitrogens with two attached hydrogens (primary N) is 1. The Hall–Kier alpha value is -2.92. The van der Waals surface area contributed by atoms with Gasteiger partial charge in [-0.15, -0.1) is 0 Å². The molecule has 0 spiro atoms. The average molecular weight is 368 g/mol. The normalized spacial score (nSPS) is 16.5. The molecule has 0 saturated heterocycles. The molecule has 6 heteroatoms. The summed E-state index contributed by atoms with van der Waals surface area (Å²) in [5.41, 5.74) is 9.99. The van der Waals surface area contributed by atoms with E-state index in [9.17, 15) is 4.79 Å². The summed E-state index contributed by atoms with van der Waals surface area (Å²) in [6, 6.07) is 6.72. The van der Waals surface area contributed by atoms with Gasteiger partial charge in [-0.1, -0.05) is 54.2 Å². The maximum absolute atomic E-state index is 11.6. The van der Waals surface area contributed by atoms with E-state index in [2.05, 4.69) is 18.3 Å². The van der Waals surface area contributed by atoms with Gasteiger partial charge >= 0.3 is 0 Å². The molecule has 2 aromatic rings. The molecule has 5 nitrogen and oxygen atoms in total. The number of carbonyl (C=O) groups excluding carboxylic acids is 1. The third kappa shape index (κ3) is 3.13. The SMILES string of the molecule is C=CC1=C(C=C)c2c(C)noc2[C@H](CC(N)=O)N=C1c1ccc(Cl)cc1. The summed E-state index contributed by atoms with van der Waals surface area (Å²) < 4.78 is 5.51. The van der Waals surface area contributed by atoms with Crippen molar-refractivity contribution in [1.82, 2.24) is 5.16 Å². The lowest BCUT2D eigenvalue weighted by atomic mass is 9.93. The zero-order valence-electron chi connectivity index (χ0n) is 14.3. The largest absolute Gasteiger partial charge is 0.370 e. The van der Waals surface area contributed by atoms with Gasteiger partial charge in [-0.05, 0) is 24.6 Å². The number of primary amides is 1. The Morgan fingerprint density at radius 2 is 1.92 bits per heavy atom. The van der Waals surface area contributed by atoms with E-state index in [1.54, 1.807) is 24.3 Å². The highest BCUT2D eigenvalue weighted by molar-refractivity contribution is 6.30. The molecule has 0 unspecified atom stereocenters. The van der Waals surface area contributed by atoms with Crippen molar-refractivity contribution in [2.24, 2.45) is 10.7 Å². The summed E-state index contributed by atoms with van der Waals surface area (Å²) in [6.45, 7) is 9.70. The van der Waals surface area contributed by atoms with E-state index in [1.165, 1.54) is 0 Å². The van der Waals surface area contributed by atoms with Gasteiger partial charge in [0.2, 0.25) is 5.91 Å². The first-order chi connectivity index (χ1) is 12.5. The first-order valence-electron chi connectivity index (χ1n) is 8.04. The molecule has 2 N–H and O–H groups in total. The fourth-order valence-electron chi connectivity index (χ4n) is 3.07. The molecular formula is C20H18ClN3O2. The first-order valence-corrected chi connectivity index (χ1v) is 8.42. The summed E-state index contributed by atoms with van der Waals surface area (Å²) in [5, 5.41) is 4.67. The van der Waals surface area contributed by atoms with Crippen LogP contribution in [0.15, 0.2) is 64.7 Å². The second-order valence-electron chi connectivity index (χ2n) is 5.91. The Morgan fingerprint density at radius 3 is 2.50 bits per heavy atom. The van der Waals surface area contributed by atoms with Gasteiger partial charge in [0, 0.05) is 16.2 Å². The fourth-order valence-corrected chi connectivity index (χ4v) is 3.20. The molecular weight excluding hydrogens is 350 g/mol. The number of aromatic nitrogens is 1. The first kappa shape index (κ1) is 17.9. The number of carbonyl (C=O) groups is 1. The number of hydrogen-bond donors (Lipinski definition) is 1. The van der Waals surface area contributed by atoms with Gasteiger partial charge in [0.05, 0.1) is 23.4 Å². The Bertz CT molecular complexity index is 952. The third-order valence-corrected chi connectivity index (χ3v) is 4.46. The van der Waals surface area contributed by atoms with Gasteiger partial charge in [-0.25, -0.2) is 0 Å². The van der Waals surface area contributed by atoms with Crippen LogP contribution < -0.4 is 5.73 Å². The number of halogens is 1. The van der Waals surface area contributed by atoms with Crippen molar-refractivity contribution in [3.63, 3.8) is 0 Å². The molecule has 1 aliphatic rings. The summed E-state index contributed by atoms with van der Waals surface area (Å²) in [6.07, 6.45) is 3.44. The van der Waals surface area contributed by atoms with Crippen molar-refractivity contribution < 1.29 is 9.32 Å². The van der Waals surface area contributed by atoms with Crippen molar-refractivity contribution in [3.05, 3.63) is 82.8 Å². The molecule has 1 aromatic carbocycles. The second kappa shape index (κ2) is 7.14. The van der Waals surface area contributed by atoms with E-state index >= 15 is 0 Å². The molecule has 1 atom stereocenters. The molecule has 3 rings (SSSR count). The molecule has 132 valence electrons. The van der Waals surface area contributed by atoms with Gasteiger partial charge in [0.25, 0.3) is 0 Å². The van der Waals surface area contributed by atoms with E-state index in [0.717, 1.165) is 22.3 Å². The minimum atomic E-state index is -0.582. The predicted octanol–water partition coefficient (Wildman–Crippen LogP) is 4.18. The van der Waals surface area contributed by atoms with Gasteiger partial charge in [-0.3, -0.25) is 9.79 Å². The van der Waals surface area contributed by atoms with Gasteiger partial charge in [0.1, 0.15) is 6.04 Å². The molecule has 0 bridgehead atoms. The number of aliphatic imine (C=N–C) groups is 1. The quantitative estimate of drug-likeness (QED) is 0.860. The van der Waals surface area contributed by atoms with Crippen molar-refractivity contribution in [1.29, 1.82) is 0 Å². The minimum Gasteiger partial charge on any atom is -0.370 e. The van der Waals surface area contributed by atoms with Gasteiger partial charge in [-0.2, -0.15) is 0 Å². The molecule has 2 heterocycles. The molecule has 1 aromatic heterocycles. The summed E-state index contributed by atoms with van der Waals surface area (Å²) in [5.74, 6) is 0.0240. The van der Waals surface area contributed by atoms with Gasteiger partial charge in [0.15, 0.2) is 5.76 Å². The standard InChI is InChI=1S/C20H18ClN3O2/c1-4-14-15(5-2)19(12-6-8-13(21)9-7-12)23-16(10-17(22)25)20-18(14)11(3)24-26-20/h4-9,16H,1-2,10H2,3H3,(H2,22,25)/t16-/m0/s1. The van der Waals surface area contributed by atoms with E-state index < -0.39 is 11.9 Å². The van der Waals surface area contributed by atoms with Crippen LogP contribution in [-0.4, -0.2) is 16.8 Å². The number of rotatable bonds is 5. The lowest BCUT2D eigenvalue weighted by Gasteiger charge is -2.11. The Kier molecular flexibility index (Phi) is 4.91. The maximum Gasteiger partial charge on any atom is 0.220 e. The Balaban J connectivity index is 2.31. The average Bonchev–Trinajstić information content (AvgIpc) is 2.92. The van der Waals surface area contributed by atoms with Crippen molar-refractivity contribution in [2.45, 2.75) is 19.4 Å². The van der Waals surface area contributed by atoms with E-state index in [0.29, 0.717) is 22.2 Å². The lowest BCUT2D eigenvalue weighted by Crippen LogP contribution is -2.15. The van der Waals surface area contributed by atoms with Crippen LogP contribution in [0.4, 0.5) is 0 Å². The number of allylic oxidation sites excluding steroid dienone is 4. The highest BCUT2D eigenvalue weighted by atomic mass is 35.5. The lowest BCUT2D eigenvalue weighted by molar-refractivity contribution is -0.118. The van der Waals surface area contributed by atoms with Crippen LogP contribution in [0.5, 0.6) is 0 Å². The summed E-state index contributed by atoms with van der Waals surface area (Å²) in [4.78, 5) is 16.4. The molecule has 0 aliphatic carbocycles. The molecule has 0 saturated carbocycles. The summed E-state index contributed by atoms with van der Waals surface area (Å²) in [7, 11) is 0. The zero-order valence-corrected chi connectivity index (χ0v) is 15.1. The maximum atomic E-state index is 11.6. The van der Waals surface area contributed by atoms with Gasteiger partial charge < -0.3 is 10.3 Å². The van der Waals surface area contributed by atoms with Crippen molar-refractivity contribution >= 4 is 28.8 Å². The Labute approximate surface area is 156 Å². The van der Waals surface area contributed by atoms with Crippen LogP contribution in [0.3, 0.4) is 0 Å². The van der Waals surface area contributed by atoms with Crippen molar-refractivity contribution in [3.8, 4) is 0 Å². The van der Waals surface area contributed by atoms with Crippen LogP contribution in [0.2, 0.25) is 5.02 Å². The number of hydrogen-bond acceptors (Lipinski definition) is 4. The Morgan fingerprint density at radius 1 is 1.27 bits per heavy atom. The van der Waals surface area contributed by atoms with Crippen LogP contribution in [0.25, 0.3) is 5.57 Å². The number of fused-ring (bicyclic) bond motifs is 1. The zero-order chi connectivity index (χ0) is 18.8. The fraction of sp³-hybridized carbons (Fsp3) is 0.150. The number of amides is 1. The molecule has 1 aliphatic heterocycles. The highest BCUT2D eigenvalue weighted by Gasteiger charge is 2.31. The topological polar surface area (TPSA) is 81.5 Å². The van der Waals surface area contributed by atoms with Crippen LogP contribution in [0, 0.1) is 6.92 Å². The molecule has 1 amide bonds. The van der Waals surface area contributed by atoms with Crippen LogP contribution in [-0.2, 0) is 4.79 Å². The predicted molar refractivity (Wildman–Crippen MR) is 103 cm³/mol. The van der Waals surface area contributed by atoms with E-state index in [1.807, 2.05) is 19.1 Å². The monoisotopic (exact) mass is 367 g/mol. The molecule has 0 radical (unpaired) electrons. The molecule has 0 fully saturated rings. The minimum absolute atomic E-state index is 0.00751. The van der Waals surface area contributed by atoms with Crippen LogP contribution in [0.1, 0.15) is 35.0 Å². The number of nitrogens with zero attached hydrogens (tertiary/aromatic N) is 2. The van der Waals surface area contributed by atoms with Crippen molar-refractivity contribution in [2.75, 3.05) is 0 Å². The number of aryl methyl sites for hydroxylation is 1. The summed E-state index contributed by atoms with van der Waals surface area (Å²) >= 11 is 6.01. The molecule has 26 heavy (non-hydrogen) atoms. The number of benzene rings is 1.